The summed E-state index contributed by atoms with van der Waals surface area (Å²) in [5, 5.41) is 3.71. The summed E-state index contributed by atoms with van der Waals surface area (Å²) in [6, 6.07) is 21.7. The Balaban J connectivity index is 1.57. The van der Waals surface area contributed by atoms with Gasteiger partial charge < -0.3 is 14.8 Å². The van der Waals surface area contributed by atoms with Crippen molar-refractivity contribution in [2.24, 2.45) is 0 Å². The first-order chi connectivity index (χ1) is 14.0. The molecule has 0 radical (unpaired) electrons. The van der Waals surface area contributed by atoms with E-state index >= 15 is 0 Å². The zero-order valence-corrected chi connectivity index (χ0v) is 17.0. The number of ether oxygens (including phenoxy) is 1. The van der Waals surface area contributed by atoms with Crippen molar-refractivity contribution >= 4 is 35.6 Å². The molecule has 1 amide bonds. The molecule has 3 rings (SSSR count). The van der Waals surface area contributed by atoms with Crippen molar-refractivity contribution < 1.29 is 14.3 Å². The van der Waals surface area contributed by atoms with E-state index in [0.29, 0.717) is 22.8 Å². The third-order valence-corrected chi connectivity index (χ3v) is 4.72. The van der Waals surface area contributed by atoms with Gasteiger partial charge in [-0.15, -0.1) is 0 Å². The Morgan fingerprint density at radius 3 is 2.17 bits per heavy atom. The maximum Gasteiger partial charge on any atom is 0.408 e. The fourth-order valence-corrected chi connectivity index (χ4v) is 3.38. The van der Waals surface area contributed by atoms with Gasteiger partial charge in [0.2, 0.25) is 0 Å². The van der Waals surface area contributed by atoms with E-state index in [0.717, 1.165) is 22.3 Å². The van der Waals surface area contributed by atoms with Crippen LogP contribution in [0, 0.1) is 0 Å². The zero-order chi connectivity index (χ0) is 20.6. The van der Waals surface area contributed by atoms with E-state index in [1.54, 1.807) is 6.07 Å². The monoisotopic (exact) mass is 427 g/mol. The Labute approximate surface area is 179 Å². The molecule has 3 aromatic rings. The molecule has 1 atom stereocenters. The summed E-state index contributed by atoms with van der Waals surface area (Å²) in [4.78, 5) is 23.3. The van der Waals surface area contributed by atoms with E-state index in [1.807, 2.05) is 66.7 Å². The third kappa shape index (κ3) is 6.34. The largest absolute Gasteiger partial charge is 0.445 e. The Bertz CT molecular complexity index is 955. The molecule has 0 aliphatic rings. The molecule has 0 unspecified atom stereocenters. The van der Waals surface area contributed by atoms with Crippen LogP contribution in [0.3, 0.4) is 0 Å². The Morgan fingerprint density at radius 2 is 1.55 bits per heavy atom. The SMILES string of the molecule is O=C[C@@H](Cc1ccc(-c2cc(Cl)cc(Cl)c2)cc1)NC(=O)OCc1ccccc1. The predicted molar refractivity (Wildman–Crippen MR) is 115 cm³/mol. The van der Waals surface area contributed by atoms with Gasteiger partial charge in [-0.2, -0.15) is 0 Å². The first-order valence-electron chi connectivity index (χ1n) is 9.01. The number of hydrogen-bond acceptors (Lipinski definition) is 3. The Kier molecular flexibility index (Phi) is 7.28. The molecule has 148 valence electrons. The number of amides is 1. The summed E-state index contributed by atoms with van der Waals surface area (Å²) in [5.41, 5.74) is 3.64. The average molecular weight is 428 g/mol. The molecule has 0 aromatic heterocycles. The first-order valence-corrected chi connectivity index (χ1v) is 9.77. The minimum absolute atomic E-state index is 0.148. The molecular formula is C23H19Cl2NO3. The molecule has 0 aliphatic carbocycles. The summed E-state index contributed by atoms with van der Waals surface area (Å²) in [5.74, 6) is 0. The molecule has 0 saturated carbocycles. The fraction of sp³-hybridized carbons (Fsp3) is 0.130. The summed E-state index contributed by atoms with van der Waals surface area (Å²) < 4.78 is 5.16. The summed E-state index contributed by atoms with van der Waals surface area (Å²) in [6.07, 6.45) is 0.436. The van der Waals surface area contributed by atoms with Gasteiger partial charge in [-0.25, -0.2) is 4.79 Å². The van der Waals surface area contributed by atoms with Gasteiger partial charge in [-0.1, -0.05) is 77.8 Å². The van der Waals surface area contributed by atoms with E-state index in [4.69, 9.17) is 27.9 Å². The lowest BCUT2D eigenvalue weighted by atomic mass is 10.0. The number of carbonyl (C=O) groups is 2. The number of hydrogen-bond donors (Lipinski definition) is 1. The van der Waals surface area contributed by atoms with E-state index in [9.17, 15) is 9.59 Å². The Morgan fingerprint density at radius 1 is 0.897 bits per heavy atom. The van der Waals surface area contributed by atoms with Gasteiger partial charge in [-0.3, -0.25) is 0 Å². The van der Waals surface area contributed by atoms with Crippen molar-refractivity contribution in [1.82, 2.24) is 5.32 Å². The normalized spacial score (nSPS) is 11.5. The highest BCUT2D eigenvalue weighted by Gasteiger charge is 2.13. The molecule has 0 saturated heterocycles. The summed E-state index contributed by atoms with van der Waals surface area (Å²) in [7, 11) is 0. The van der Waals surface area contributed by atoms with Crippen LogP contribution in [-0.4, -0.2) is 18.4 Å². The lowest BCUT2D eigenvalue weighted by Gasteiger charge is -2.13. The van der Waals surface area contributed by atoms with Crippen molar-refractivity contribution in [1.29, 1.82) is 0 Å². The highest BCUT2D eigenvalue weighted by molar-refractivity contribution is 6.35. The molecule has 0 aliphatic heterocycles. The predicted octanol–water partition coefficient (Wildman–Crippen LogP) is 5.70. The average Bonchev–Trinajstić information content (AvgIpc) is 2.72. The Hall–Kier alpha value is -2.82. The van der Waals surface area contributed by atoms with Crippen LogP contribution in [-0.2, 0) is 22.6 Å². The van der Waals surface area contributed by atoms with Gasteiger partial charge in [0.25, 0.3) is 0 Å². The van der Waals surface area contributed by atoms with Crippen molar-refractivity contribution in [3.63, 3.8) is 0 Å². The smallest absolute Gasteiger partial charge is 0.408 e. The van der Waals surface area contributed by atoms with E-state index in [1.165, 1.54) is 0 Å². The second-order valence-electron chi connectivity index (χ2n) is 6.51. The maximum atomic E-state index is 12.0. The van der Waals surface area contributed by atoms with Crippen LogP contribution in [0.1, 0.15) is 11.1 Å². The van der Waals surface area contributed by atoms with Crippen LogP contribution in [0.2, 0.25) is 10.0 Å². The standard InChI is InChI=1S/C23H19Cl2NO3/c24-20-11-19(12-21(25)13-20)18-8-6-16(7-9-18)10-22(14-27)26-23(28)29-15-17-4-2-1-3-5-17/h1-9,11-14,22H,10,15H2,(H,26,28)/t22-/m1/s1. The third-order valence-electron chi connectivity index (χ3n) is 4.29. The van der Waals surface area contributed by atoms with Gasteiger partial charge in [0, 0.05) is 10.0 Å². The lowest BCUT2D eigenvalue weighted by Crippen LogP contribution is -2.37. The van der Waals surface area contributed by atoms with Crippen molar-refractivity contribution in [2.75, 3.05) is 0 Å². The summed E-state index contributed by atoms with van der Waals surface area (Å²) >= 11 is 12.1. The van der Waals surface area contributed by atoms with E-state index < -0.39 is 12.1 Å². The minimum Gasteiger partial charge on any atom is -0.445 e. The topological polar surface area (TPSA) is 55.4 Å². The van der Waals surface area contributed by atoms with Gasteiger partial charge >= 0.3 is 6.09 Å². The number of alkyl carbamates (subject to hydrolysis) is 1. The van der Waals surface area contributed by atoms with Crippen molar-refractivity contribution in [3.05, 3.63) is 94.0 Å². The number of rotatable bonds is 7. The van der Waals surface area contributed by atoms with Crippen LogP contribution in [0.5, 0.6) is 0 Å². The van der Waals surface area contributed by atoms with Crippen molar-refractivity contribution in [2.45, 2.75) is 19.1 Å². The van der Waals surface area contributed by atoms with Crippen molar-refractivity contribution in [3.8, 4) is 11.1 Å². The second kappa shape index (κ2) is 10.1. The fourth-order valence-electron chi connectivity index (χ4n) is 2.86. The lowest BCUT2D eigenvalue weighted by molar-refractivity contribution is -0.109. The number of aldehydes is 1. The number of carbonyl (C=O) groups excluding carboxylic acids is 2. The van der Waals surface area contributed by atoms with E-state index in [-0.39, 0.29) is 6.61 Å². The van der Waals surface area contributed by atoms with Crippen LogP contribution in [0.15, 0.2) is 72.8 Å². The second-order valence-corrected chi connectivity index (χ2v) is 7.38. The minimum atomic E-state index is -0.676. The molecular weight excluding hydrogens is 409 g/mol. The van der Waals surface area contributed by atoms with Gasteiger partial charge in [0.15, 0.2) is 0 Å². The van der Waals surface area contributed by atoms with Gasteiger partial charge in [0.05, 0.1) is 6.04 Å². The molecule has 4 nitrogen and oxygen atoms in total. The van der Waals surface area contributed by atoms with Gasteiger partial charge in [0.1, 0.15) is 12.9 Å². The molecule has 6 heteroatoms. The quantitative estimate of drug-likeness (QED) is 0.492. The van der Waals surface area contributed by atoms with E-state index in [2.05, 4.69) is 5.32 Å². The maximum absolute atomic E-state index is 12.0. The van der Waals surface area contributed by atoms with Gasteiger partial charge in [-0.05, 0) is 46.9 Å². The highest BCUT2D eigenvalue weighted by Crippen LogP contribution is 2.27. The molecule has 0 spiro atoms. The highest BCUT2D eigenvalue weighted by atomic mass is 35.5. The first kappa shape index (κ1) is 20.9. The molecule has 3 aromatic carbocycles. The molecule has 29 heavy (non-hydrogen) atoms. The molecule has 0 bridgehead atoms. The van der Waals surface area contributed by atoms with Crippen LogP contribution in [0.25, 0.3) is 11.1 Å². The molecule has 1 N–H and O–H groups in total. The van der Waals surface area contributed by atoms with Crippen LogP contribution >= 0.6 is 23.2 Å². The number of benzene rings is 3. The zero-order valence-electron chi connectivity index (χ0n) is 15.5. The molecule has 0 heterocycles. The van der Waals surface area contributed by atoms with Crippen LogP contribution < -0.4 is 5.32 Å². The number of nitrogens with one attached hydrogen (secondary N) is 1. The summed E-state index contributed by atoms with van der Waals surface area (Å²) in [6.45, 7) is 0.148. The number of halogens is 2. The molecule has 0 fully saturated rings. The van der Waals surface area contributed by atoms with Crippen LogP contribution in [0.4, 0.5) is 4.79 Å².